The number of carbonyl (C=O) groups is 2. The van der Waals surface area contributed by atoms with Crippen molar-refractivity contribution in [1.29, 1.82) is 0 Å². The van der Waals surface area contributed by atoms with E-state index in [0.717, 1.165) is 59.1 Å². The minimum atomic E-state index is -0.411. The summed E-state index contributed by atoms with van der Waals surface area (Å²) in [7, 11) is 0. The molecule has 0 amide bonds. The van der Waals surface area contributed by atoms with Crippen molar-refractivity contribution in [3.8, 4) is 22.6 Å². The Bertz CT molecular complexity index is 1550. The highest BCUT2D eigenvalue weighted by Gasteiger charge is 2.20. The minimum absolute atomic E-state index is 0.0516. The number of esters is 2. The first-order valence-corrected chi connectivity index (χ1v) is 18.2. The van der Waals surface area contributed by atoms with Crippen LogP contribution in [0.15, 0.2) is 84.9 Å². The molecular weight excluding hydrogens is 596 g/mol. The molecule has 0 aromatic heterocycles. The van der Waals surface area contributed by atoms with Gasteiger partial charge in [-0.05, 0) is 90.0 Å². The molecule has 5 nitrogen and oxygen atoms in total. The average Bonchev–Trinajstić information content (AvgIpc) is 3.12. The zero-order valence-electron chi connectivity index (χ0n) is 29.5. The Morgan fingerprint density at radius 3 is 1.77 bits per heavy atom. The molecule has 0 spiro atoms. The standard InChI is InChI=1S/C43H54O5/c1-5-8-9-10-11-12-13-14-15-16-29-46-40-26-23-34(24-27-40)33-17-19-35(20-18-33)43(45)48-41-28-25-37-30-36(21-22-38(37)31-41)32(4)42(44)47-39(6-2)7-3/h17-28,30-32,39H,5-16,29H2,1-4H3/t32-/m0/s1. The first-order chi connectivity index (χ1) is 23.4. The predicted octanol–water partition coefficient (Wildman–Crippen LogP) is 11.9. The molecule has 5 heteroatoms. The van der Waals surface area contributed by atoms with E-state index in [0.29, 0.717) is 11.3 Å². The van der Waals surface area contributed by atoms with E-state index in [1.807, 2.05) is 75.4 Å². The van der Waals surface area contributed by atoms with E-state index in [1.165, 1.54) is 57.8 Å². The molecule has 0 aliphatic heterocycles. The summed E-state index contributed by atoms with van der Waals surface area (Å²) in [6, 6.07) is 27.0. The highest BCUT2D eigenvalue weighted by molar-refractivity contribution is 5.93. The number of hydrogen-bond acceptors (Lipinski definition) is 5. The molecular formula is C43H54O5. The maximum absolute atomic E-state index is 13.0. The summed E-state index contributed by atoms with van der Waals surface area (Å²) >= 11 is 0. The molecule has 4 aromatic rings. The van der Waals surface area contributed by atoms with Gasteiger partial charge in [0, 0.05) is 0 Å². The van der Waals surface area contributed by atoms with E-state index < -0.39 is 5.97 Å². The van der Waals surface area contributed by atoms with Gasteiger partial charge in [0.05, 0.1) is 18.1 Å². The Balaban J connectivity index is 1.23. The zero-order valence-corrected chi connectivity index (χ0v) is 29.5. The van der Waals surface area contributed by atoms with E-state index in [9.17, 15) is 9.59 Å². The van der Waals surface area contributed by atoms with Crippen LogP contribution in [0.25, 0.3) is 21.9 Å². The molecule has 0 heterocycles. The molecule has 0 unspecified atom stereocenters. The van der Waals surface area contributed by atoms with Crippen LogP contribution in [0.2, 0.25) is 0 Å². The van der Waals surface area contributed by atoms with E-state index in [4.69, 9.17) is 14.2 Å². The summed E-state index contributed by atoms with van der Waals surface area (Å²) in [5.41, 5.74) is 3.46. The molecule has 0 saturated carbocycles. The van der Waals surface area contributed by atoms with E-state index in [2.05, 4.69) is 19.1 Å². The third-order valence-electron chi connectivity index (χ3n) is 9.17. The van der Waals surface area contributed by atoms with Gasteiger partial charge in [0.15, 0.2) is 0 Å². The quantitative estimate of drug-likeness (QED) is 0.0541. The third-order valence-corrected chi connectivity index (χ3v) is 9.17. The number of hydrogen-bond donors (Lipinski definition) is 0. The number of benzene rings is 4. The van der Waals surface area contributed by atoms with E-state index in [1.54, 1.807) is 18.2 Å². The van der Waals surface area contributed by atoms with E-state index >= 15 is 0 Å². The second-order valence-electron chi connectivity index (χ2n) is 12.9. The molecule has 0 N–H and O–H groups in total. The Morgan fingerprint density at radius 2 is 1.15 bits per heavy atom. The number of ether oxygens (including phenoxy) is 3. The van der Waals surface area contributed by atoms with E-state index in [-0.39, 0.29) is 18.0 Å². The van der Waals surface area contributed by atoms with Gasteiger partial charge in [0.25, 0.3) is 0 Å². The molecule has 256 valence electrons. The molecule has 4 rings (SSSR count). The SMILES string of the molecule is CCCCCCCCCCCCOc1ccc(-c2ccc(C(=O)Oc3ccc4cc([C@H](C)C(=O)OC(CC)CC)ccc4c3)cc2)cc1. The maximum atomic E-state index is 13.0. The van der Waals surface area contributed by atoms with Crippen LogP contribution in [0.4, 0.5) is 0 Å². The molecule has 0 radical (unpaired) electrons. The molecule has 0 bridgehead atoms. The van der Waals surface area contributed by atoms with Gasteiger partial charge in [-0.25, -0.2) is 4.79 Å². The maximum Gasteiger partial charge on any atom is 0.343 e. The second-order valence-corrected chi connectivity index (χ2v) is 12.9. The Hall–Kier alpha value is -4.12. The van der Waals surface area contributed by atoms with Gasteiger partial charge in [0.2, 0.25) is 0 Å². The number of unbranched alkanes of at least 4 members (excludes halogenated alkanes) is 9. The molecule has 1 atom stereocenters. The molecule has 0 aliphatic rings. The monoisotopic (exact) mass is 650 g/mol. The normalized spacial score (nSPS) is 11.9. The highest BCUT2D eigenvalue weighted by Crippen LogP contribution is 2.28. The molecule has 48 heavy (non-hydrogen) atoms. The number of rotatable bonds is 20. The highest BCUT2D eigenvalue weighted by atomic mass is 16.5. The fourth-order valence-corrected chi connectivity index (χ4v) is 5.92. The Labute approximate surface area is 288 Å². The van der Waals surface area contributed by atoms with Crippen LogP contribution in [0.1, 0.15) is 127 Å². The fourth-order valence-electron chi connectivity index (χ4n) is 5.92. The van der Waals surface area contributed by atoms with Gasteiger partial charge in [0.1, 0.15) is 17.6 Å². The van der Waals surface area contributed by atoms with Crippen LogP contribution in [-0.4, -0.2) is 24.6 Å². The van der Waals surface area contributed by atoms with Gasteiger partial charge in [-0.3, -0.25) is 4.79 Å². The lowest BCUT2D eigenvalue weighted by molar-refractivity contribution is -0.150. The predicted molar refractivity (Wildman–Crippen MR) is 197 cm³/mol. The van der Waals surface area contributed by atoms with Gasteiger partial charge in [-0.2, -0.15) is 0 Å². The lowest BCUT2D eigenvalue weighted by Crippen LogP contribution is -2.20. The average molecular weight is 651 g/mol. The van der Waals surface area contributed by atoms with Crippen molar-refractivity contribution in [1.82, 2.24) is 0 Å². The summed E-state index contributed by atoms with van der Waals surface area (Å²) in [6.45, 7) is 8.94. The molecule has 0 aliphatic carbocycles. The van der Waals surface area contributed by atoms with Gasteiger partial charge < -0.3 is 14.2 Å². The van der Waals surface area contributed by atoms with Crippen LogP contribution in [0, 0.1) is 0 Å². The summed E-state index contributed by atoms with van der Waals surface area (Å²) in [6.07, 6.45) is 14.7. The summed E-state index contributed by atoms with van der Waals surface area (Å²) in [5, 5.41) is 1.89. The van der Waals surface area contributed by atoms with Gasteiger partial charge >= 0.3 is 11.9 Å². The first kappa shape index (κ1) is 36.7. The first-order valence-electron chi connectivity index (χ1n) is 18.2. The summed E-state index contributed by atoms with van der Waals surface area (Å²) < 4.78 is 17.3. The van der Waals surface area contributed by atoms with Crippen molar-refractivity contribution in [2.75, 3.05) is 6.61 Å². The smallest absolute Gasteiger partial charge is 0.343 e. The van der Waals surface area contributed by atoms with Crippen LogP contribution < -0.4 is 9.47 Å². The second kappa shape index (κ2) is 19.6. The number of fused-ring (bicyclic) bond motifs is 1. The van der Waals surface area contributed by atoms with Crippen molar-refractivity contribution in [3.05, 3.63) is 96.1 Å². The number of carbonyl (C=O) groups excluding carboxylic acids is 2. The van der Waals surface area contributed by atoms with Gasteiger partial charge in [-0.15, -0.1) is 0 Å². The zero-order chi connectivity index (χ0) is 34.1. The van der Waals surface area contributed by atoms with Gasteiger partial charge in [-0.1, -0.05) is 127 Å². The lowest BCUT2D eigenvalue weighted by Gasteiger charge is -2.18. The van der Waals surface area contributed by atoms with Crippen molar-refractivity contribution < 1.29 is 23.8 Å². The van der Waals surface area contributed by atoms with Crippen LogP contribution in [0.3, 0.4) is 0 Å². The van der Waals surface area contributed by atoms with Crippen molar-refractivity contribution in [2.24, 2.45) is 0 Å². The molecule has 0 fully saturated rings. The third kappa shape index (κ3) is 11.2. The van der Waals surface area contributed by atoms with Crippen molar-refractivity contribution >= 4 is 22.7 Å². The Kier molecular flexibility index (Phi) is 15.0. The van der Waals surface area contributed by atoms with Crippen molar-refractivity contribution in [2.45, 2.75) is 117 Å². The lowest BCUT2D eigenvalue weighted by atomic mass is 9.97. The Morgan fingerprint density at radius 1 is 0.604 bits per heavy atom. The molecule has 4 aromatic carbocycles. The van der Waals surface area contributed by atoms with Crippen molar-refractivity contribution in [3.63, 3.8) is 0 Å². The summed E-state index contributed by atoms with van der Waals surface area (Å²) in [5.74, 6) is 0.377. The topological polar surface area (TPSA) is 61.8 Å². The fraction of sp³-hybridized carbons (Fsp3) is 0.442. The molecule has 0 saturated heterocycles. The summed E-state index contributed by atoms with van der Waals surface area (Å²) in [4.78, 5) is 25.6. The largest absolute Gasteiger partial charge is 0.494 e. The minimum Gasteiger partial charge on any atom is -0.494 e. The van der Waals surface area contributed by atoms with Crippen LogP contribution in [-0.2, 0) is 9.53 Å². The van der Waals surface area contributed by atoms with Crippen LogP contribution in [0.5, 0.6) is 11.5 Å². The van der Waals surface area contributed by atoms with Crippen LogP contribution >= 0.6 is 0 Å².